The van der Waals surface area contributed by atoms with Crippen LogP contribution in [0.15, 0.2) is 21.2 Å². The Kier molecular flexibility index (Phi) is 2.79. The second kappa shape index (κ2) is 3.94. The fourth-order valence-corrected chi connectivity index (χ4v) is 2.04. The minimum absolute atomic E-state index is 0.245. The Morgan fingerprint density at radius 1 is 1.53 bits per heavy atom. The maximum atomic E-state index is 5.44. The first-order valence-corrected chi connectivity index (χ1v) is 5.72. The third-order valence-corrected chi connectivity index (χ3v) is 2.73. The van der Waals surface area contributed by atoms with Gasteiger partial charge in [-0.25, -0.2) is 0 Å². The van der Waals surface area contributed by atoms with Crippen molar-refractivity contribution in [1.29, 1.82) is 0 Å². The van der Waals surface area contributed by atoms with Gasteiger partial charge in [0.15, 0.2) is 21.0 Å². The molecule has 4 nitrogen and oxygen atoms in total. The number of rotatable bonds is 2. The molecule has 2 aromatic heterocycles. The fourth-order valence-electron chi connectivity index (χ4n) is 1.39. The van der Waals surface area contributed by atoms with Gasteiger partial charge in [-0.3, -0.25) is 9.67 Å². The molecule has 2 aromatic rings. The van der Waals surface area contributed by atoms with Crippen LogP contribution >= 0.6 is 28.1 Å². The average molecular weight is 288 g/mol. The molecule has 0 aromatic carbocycles. The van der Waals surface area contributed by atoms with Crippen molar-refractivity contribution >= 4 is 28.1 Å². The Bertz CT molecular complexity index is 525. The van der Waals surface area contributed by atoms with Crippen molar-refractivity contribution in [2.24, 2.45) is 0 Å². The summed E-state index contributed by atoms with van der Waals surface area (Å²) in [6.45, 7) is 4.10. The molecule has 0 spiro atoms. The van der Waals surface area contributed by atoms with Crippen LogP contribution in [0.1, 0.15) is 19.9 Å². The van der Waals surface area contributed by atoms with E-state index in [1.807, 2.05) is 30.5 Å². The molecule has 6 heteroatoms. The summed E-state index contributed by atoms with van der Waals surface area (Å²) in [5.41, 5.74) is 0. The first kappa shape index (κ1) is 10.6. The number of nitrogens with zero attached hydrogens (tertiary/aromatic N) is 2. The second-order valence-electron chi connectivity index (χ2n) is 3.42. The largest absolute Gasteiger partial charge is 0.446 e. The number of H-pyrrole nitrogens is 1. The topological polar surface area (TPSA) is 46.8 Å². The van der Waals surface area contributed by atoms with Crippen LogP contribution in [0.3, 0.4) is 0 Å². The summed E-state index contributed by atoms with van der Waals surface area (Å²) in [6.07, 6.45) is 0. The number of nitrogens with one attached hydrogen (secondary N) is 1. The monoisotopic (exact) mass is 287 g/mol. The quantitative estimate of drug-likeness (QED) is 0.860. The third-order valence-electron chi connectivity index (χ3n) is 2.01. The lowest BCUT2D eigenvalue weighted by Crippen LogP contribution is -2.02. The summed E-state index contributed by atoms with van der Waals surface area (Å²) in [5.74, 6) is 1.42. The average Bonchev–Trinajstić information content (AvgIpc) is 2.71. The van der Waals surface area contributed by atoms with E-state index < -0.39 is 0 Å². The van der Waals surface area contributed by atoms with Gasteiger partial charge in [0.1, 0.15) is 0 Å². The molecule has 0 unspecified atom stereocenters. The zero-order chi connectivity index (χ0) is 11.0. The van der Waals surface area contributed by atoms with Crippen molar-refractivity contribution < 1.29 is 4.42 Å². The van der Waals surface area contributed by atoms with Crippen molar-refractivity contribution in [3.05, 3.63) is 21.6 Å². The minimum atomic E-state index is 0.245. The van der Waals surface area contributed by atoms with Gasteiger partial charge < -0.3 is 4.42 Å². The molecule has 0 radical (unpaired) electrons. The molecule has 0 bridgehead atoms. The Labute approximate surface area is 100 Å². The maximum Gasteiger partial charge on any atom is 0.198 e. The van der Waals surface area contributed by atoms with Crippen molar-refractivity contribution in [1.82, 2.24) is 14.8 Å². The Balaban J connectivity index is 2.58. The standard InChI is InChI=1S/C9H10BrN3OS/c1-5(2)13-8(11-12-9(13)15)6-3-4-7(10)14-6/h3-5H,1-2H3,(H,12,15). The molecule has 0 amide bonds. The van der Waals surface area contributed by atoms with E-state index in [2.05, 4.69) is 26.1 Å². The van der Waals surface area contributed by atoms with Crippen molar-refractivity contribution in [2.45, 2.75) is 19.9 Å². The van der Waals surface area contributed by atoms with E-state index >= 15 is 0 Å². The summed E-state index contributed by atoms with van der Waals surface area (Å²) in [4.78, 5) is 0. The van der Waals surface area contributed by atoms with Gasteiger partial charge in [0.25, 0.3) is 0 Å². The van der Waals surface area contributed by atoms with Crippen LogP contribution in [-0.4, -0.2) is 14.8 Å². The zero-order valence-corrected chi connectivity index (χ0v) is 10.7. The van der Waals surface area contributed by atoms with E-state index in [1.54, 1.807) is 0 Å². The minimum Gasteiger partial charge on any atom is -0.446 e. The molecule has 0 saturated carbocycles. The molecule has 15 heavy (non-hydrogen) atoms. The van der Waals surface area contributed by atoms with Gasteiger partial charge in [-0.15, -0.1) is 0 Å². The molecule has 0 fully saturated rings. The molecular weight excluding hydrogens is 278 g/mol. The highest BCUT2D eigenvalue weighted by Gasteiger charge is 2.14. The van der Waals surface area contributed by atoms with E-state index in [1.165, 1.54) is 0 Å². The van der Waals surface area contributed by atoms with E-state index in [4.69, 9.17) is 16.6 Å². The van der Waals surface area contributed by atoms with Gasteiger partial charge in [-0.05, 0) is 54.1 Å². The van der Waals surface area contributed by atoms with Gasteiger partial charge in [0, 0.05) is 6.04 Å². The summed E-state index contributed by atoms with van der Waals surface area (Å²) in [5, 5.41) is 6.92. The lowest BCUT2D eigenvalue weighted by atomic mass is 10.3. The summed E-state index contributed by atoms with van der Waals surface area (Å²) >= 11 is 8.41. The highest BCUT2D eigenvalue weighted by Crippen LogP contribution is 2.25. The van der Waals surface area contributed by atoms with E-state index in [9.17, 15) is 0 Å². The lowest BCUT2D eigenvalue weighted by molar-refractivity contribution is 0.532. The van der Waals surface area contributed by atoms with E-state index in [-0.39, 0.29) is 6.04 Å². The zero-order valence-electron chi connectivity index (χ0n) is 8.32. The van der Waals surface area contributed by atoms with Gasteiger partial charge in [0.05, 0.1) is 0 Å². The van der Waals surface area contributed by atoms with Crippen molar-refractivity contribution in [2.75, 3.05) is 0 Å². The Morgan fingerprint density at radius 3 is 2.80 bits per heavy atom. The van der Waals surface area contributed by atoms with Gasteiger partial charge in [-0.1, -0.05) is 0 Å². The van der Waals surface area contributed by atoms with E-state index in [0.717, 1.165) is 5.82 Å². The highest BCUT2D eigenvalue weighted by atomic mass is 79.9. The SMILES string of the molecule is CC(C)n1c(-c2ccc(Br)o2)n[nH]c1=S. The molecule has 2 heterocycles. The van der Waals surface area contributed by atoms with Gasteiger partial charge in [-0.2, -0.15) is 5.10 Å². The number of aromatic amines is 1. The normalized spacial score (nSPS) is 11.2. The predicted molar refractivity (Wildman–Crippen MR) is 63.2 cm³/mol. The summed E-state index contributed by atoms with van der Waals surface area (Å²) < 4.78 is 8.64. The highest BCUT2D eigenvalue weighted by molar-refractivity contribution is 9.10. The van der Waals surface area contributed by atoms with Crippen LogP contribution in [-0.2, 0) is 0 Å². The Hall–Kier alpha value is -0.880. The Morgan fingerprint density at radius 2 is 2.27 bits per heavy atom. The van der Waals surface area contributed by atoms with Crippen LogP contribution in [0.5, 0.6) is 0 Å². The smallest absolute Gasteiger partial charge is 0.198 e. The molecule has 0 aliphatic rings. The molecule has 0 aliphatic heterocycles. The number of hydrogen-bond donors (Lipinski definition) is 1. The summed E-state index contributed by atoms with van der Waals surface area (Å²) in [7, 11) is 0. The molecule has 2 rings (SSSR count). The van der Waals surface area contributed by atoms with Gasteiger partial charge in [0.2, 0.25) is 0 Å². The fraction of sp³-hybridized carbons (Fsp3) is 0.333. The van der Waals surface area contributed by atoms with Crippen LogP contribution in [0.25, 0.3) is 11.6 Å². The molecular formula is C9H10BrN3OS. The number of halogens is 1. The van der Waals surface area contributed by atoms with E-state index in [0.29, 0.717) is 15.2 Å². The second-order valence-corrected chi connectivity index (χ2v) is 4.59. The van der Waals surface area contributed by atoms with Crippen LogP contribution in [0, 0.1) is 4.77 Å². The molecule has 0 atom stereocenters. The summed E-state index contributed by atoms with van der Waals surface area (Å²) in [6, 6.07) is 3.93. The number of aromatic nitrogens is 3. The van der Waals surface area contributed by atoms with Crippen LogP contribution < -0.4 is 0 Å². The van der Waals surface area contributed by atoms with Crippen LogP contribution in [0.2, 0.25) is 0 Å². The lowest BCUT2D eigenvalue weighted by Gasteiger charge is -2.07. The van der Waals surface area contributed by atoms with Crippen LogP contribution in [0.4, 0.5) is 0 Å². The maximum absolute atomic E-state index is 5.44. The number of furan rings is 1. The molecule has 0 aliphatic carbocycles. The van der Waals surface area contributed by atoms with Crippen molar-refractivity contribution in [3.8, 4) is 11.6 Å². The third kappa shape index (κ3) is 1.91. The molecule has 1 N–H and O–H groups in total. The molecule has 80 valence electrons. The van der Waals surface area contributed by atoms with Gasteiger partial charge >= 0.3 is 0 Å². The van der Waals surface area contributed by atoms with Crippen molar-refractivity contribution in [3.63, 3.8) is 0 Å². The number of hydrogen-bond acceptors (Lipinski definition) is 3. The first-order valence-electron chi connectivity index (χ1n) is 4.52. The first-order chi connectivity index (χ1) is 7.09. The predicted octanol–water partition coefficient (Wildman–Crippen LogP) is 3.54. The molecule has 0 saturated heterocycles.